The zero-order valence-electron chi connectivity index (χ0n) is 21.8. The minimum atomic E-state index is -0.193. The van der Waals surface area contributed by atoms with Crippen LogP contribution in [-0.4, -0.2) is 37.6 Å². The van der Waals surface area contributed by atoms with Crippen molar-refractivity contribution in [3.8, 4) is 0 Å². The number of hydrogen-bond donors (Lipinski definition) is 2. The summed E-state index contributed by atoms with van der Waals surface area (Å²) in [5.41, 5.74) is 12.6. The minimum absolute atomic E-state index is 0.193. The summed E-state index contributed by atoms with van der Waals surface area (Å²) in [4.78, 5) is 17.3. The van der Waals surface area contributed by atoms with Crippen molar-refractivity contribution in [3.05, 3.63) is 106 Å². The molecule has 0 aliphatic rings. The van der Waals surface area contributed by atoms with Crippen LogP contribution in [0.15, 0.2) is 67.3 Å². The van der Waals surface area contributed by atoms with Gasteiger partial charge in [0.15, 0.2) is 0 Å². The average molecular weight is 510 g/mol. The van der Waals surface area contributed by atoms with Crippen molar-refractivity contribution in [2.75, 3.05) is 12.8 Å². The summed E-state index contributed by atoms with van der Waals surface area (Å²) in [6.45, 7) is 5.94. The normalized spacial score (nSPS) is 11.2. The molecule has 38 heavy (non-hydrogen) atoms. The number of rotatable bonds is 9. The number of carbonyl (C=O) groups is 1. The Hall–Kier alpha value is -4.50. The molecule has 5 rings (SSSR count). The summed E-state index contributed by atoms with van der Waals surface area (Å²) in [7, 11) is 1.60. The van der Waals surface area contributed by atoms with E-state index in [1.54, 1.807) is 24.2 Å². The first kappa shape index (κ1) is 25.2. The number of ether oxygens (including phenoxy) is 1. The van der Waals surface area contributed by atoms with Gasteiger partial charge >= 0.3 is 0 Å². The Bertz CT molecular complexity index is 1580. The number of amides is 1. The number of anilines is 1. The second kappa shape index (κ2) is 10.9. The van der Waals surface area contributed by atoms with Gasteiger partial charge in [0.05, 0.1) is 31.5 Å². The van der Waals surface area contributed by atoms with Crippen molar-refractivity contribution < 1.29 is 9.53 Å². The Morgan fingerprint density at radius 1 is 1.03 bits per heavy atom. The van der Waals surface area contributed by atoms with Crippen LogP contribution in [0.25, 0.3) is 10.8 Å². The zero-order valence-corrected chi connectivity index (χ0v) is 21.8. The van der Waals surface area contributed by atoms with E-state index >= 15 is 0 Å². The lowest BCUT2D eigenvalue weighted by Gasteiger charge is -2.11. The molecule has 0 atom stereocenters. The Kier molecular flexibility index (Phi) is 7.19. The van der Waals surface area contributed by atoms with Crippen LogP contribution in [0.2, 0.25) is 0 Å². The minimum Gasteiger partial charge on any atom is -0.383 e. The number of methoxy groups -OCH3 is 1. The number of nitrogen functional groups attached to an aromatic ring is 1. The first-order chi connectivity index (χ1) is 18.4. The number of hydrogen-bond acceptors (Lipinski definition) is 6. The quantitative estimate of drug-likeness (QED) is 0.311. The number of nitrogens with zero attached hydrogens (tertiary/aromatic N) is 5. The molecule has 9 nitrogen and oxygen atoms in total. The second-order valence-corrected chi connectivity index (χ2v) is 9.53. The van der Waals surface area contributed by atoms with E-state index in [0.717, 1.165) is 39.6 Å². The molecule has 194 valence electrons. The van der Waals surface area contributed by atoms with E-state index in [0.29, 0.717) is 30.2 Å². The Labute approximate surface area is 221 Å². The van der Waals surface area contributed by atoms with Gasteiger partial charge in [-0.05, 0) is 65.3 Å². The molecule has 0 fully saturated rings. The van der Waals surface area contributed by atoms with Crippen molar-refractivity contribution in [3.63, 3.8) is 0 Å². The van der Waals surface area contributed by atoms with Crippen LogP contribution in [0.3, 0.4) is 0 Å². The summed E-state index contributed by atoms with van der Waals surface area (Å²) in [6.07, 6.45) is 7.35. The van der Waals surface area contributed by atoms with Crippen LogP contribution in [0, 0.1) is 13.8 Å². The Balaban J connectivity index is 1.28. The fraction of sp³-hybridized carbons (Fsp3) is 0.241. The highest BCUT2D eigenvalue weighted by atomic mass is 16.5. The topological polar surface area (TPSA) is 113 Å². The van der Waals surface area contributed by atoms with Crippen molar-refractivity contribution in [2.45, 2.75) is 40.1 Å². The lowest BCUT2D eigenvalue weighted by molar-refractivity contribution is 0.0946. The van der Waals surface area contributed by atoms with Gasteiger partial charge in [-0.15, -0.1) is 0 Å². The third kappa shape index (κ3) is 5.57. The molecule has 3 heterocycles. The van der Waals surface area contributed by atoms with Crippen LogP contribution >= 0.6 is 0 Å². The summed E-state index contributed by atoms with van der Waals surface area (Å²) >= 11 is 0. The van der Waals surface area contributed by atoms with Gasteiger partial charge in [0.1, 0.15) is 11.5 Å². The molecular formula is C29H31N7O2. The predicted octanol–water partition coefficient (Wildman–Crippen LogP) is 4.00. The smallest absolute Gasteiger partial charge is 0.255 e. The number of fused-ring (bicyclic) bond motifs is 1. The van der Waals surface area contributed by atoms with Crippen LogP contribution < -0.4 is 11.1 Å². The maximum atomic E-state index is 13.2. The summed E-state index contributed by atoms with van der Waals surface area (Å²) in [5, 5.41) is 13.9. The lowest BCUT2D eigenvalue weighted by atomic mass is 10.0. The standard InChI is InChI=1S/C29H31N7O2/c1-19-12-33-35(14-19)15-21-4-6-22(7-5-21)16-36-17-26(27(34-36)18-38-3)29(37)32-13-24-11-23-8-9-31-28(30)25(23)10-20(24)2/h4-12,14,17H,13,15-16,18H2,1-3H3,(H2,30,31)(H,32,37). The van der Waals surface area contributed by atoms with Crippen LogP contribution in [0.4, 0.5) is 5.82 Å². The first-order valence-electron chi connectivity index (χ1n) is 12.4. The molecule has 5 aromatic rings. The fourth-order valence-corrected chi connectivity index (χ4v) is 4.51. The predicted molar refractivity (Wildman–Crippen MR) is 147 cm³/mol. The van der Waals surface area contributed by atoms with E-state index in [1.165, 1.54) is 5.56 Å². The number of aromatic nitrogens is 5. The molecular weight excluding hydrogens is 478 g/mol. The SMILES string of the molecule is COCc1nn(Cc2ccc(Cn3cc(C)cn3)cc2)cc1C(=O)NCc1cc2ccnc(N)c2cc1C. The summed E-state index contributed by atoms with van der Waals surface area (Å²) in [5.74, 6) is 0.308. The van der Waals surface area contributed by atoms with E-state index in [1.807, 2.05) is 49.1 Å². The van der Waals surface area contributed by atoms with E-state index in [4.69, 9.17) is 10.5 Å². The number of pyridine rings is 1. The number of carbonyl (C=O) groups excluding carboxylic acids is 1. The number of nitrogens with two attached hydrogens (primary N) is 1. The zero-order chi connectivity index (χ0) is 26.6. The van der Waals surface area contributed by atoms with Crippen LogP contribution in [-0.2, 0) is 31.0 Å². The van der Waals surface area contributed by atoms with Gasteiger partial charge in [0.2, 0.25) is 0 Å². The van der Waals surface area contributed by atoms with E-state index in [2.05, 4.69) is 44.8 Å². The molecule has 2 aromatic carbocycles. The van der Waals surface area contributed by atoms with Crippen molar-refractivity contribution in [2.24, 2.45) is 0 Å². The van der Waals surface area contributed by atoms with Crippen molar-refractivity contribution >= 4 is 22.5 Å². The molecule has 0 aliphatic carbocycles. The monoisotopic (exact) mass is 509 g/mol. The van der Waals surface area contributed by atoms with Gasteiger partial charge in [0, 0.05) is 37.6 Å². The highest BCUT2D eigenvalue weighted by Crippen LogP contribution is 2.23. The number of nitrogens with one attached hydrogen (secondary N) is 1. The molecule has 0 unspecified atom stereocenters. The molecule has 0 spiro atoms. The summed E-state index contributed by atoms with van der Waals surface area (Å²) in [6, 6.07) is 14.3. The molecule has 0 saturated heterocycles. The van der Waals surface area contributed by atoms with Gasteiger partial charge in [-0.2, -0.15) is 10.2 Å². The molecule has 3 aromatic heterocycles. The van der Waals surface area contributed by atoms with Gasteiger partial charge in [-0.3, -0.25) is 14.2 Å². The first-order valence-corrected chi connectivity index (χ1v) is 12.4. The highest BCUT2D eigenvalue weighted by Gasteiger charge is 2.17. The summed E-state index contributed by atoms with van der Waals surface area (Å²) < 4.78 is 9.02. The van der Waals surface area contributed by atoms with Crippen LogP contribution in [0.5, 0.6) is 0 Å². The maximum Gasteiger partial charge on any atom is 0.255 e. The van der Waals surface area contributed by atoms with E-state index < -0.39 is 0 Å². The third-order valence-corrected chi connectivity index (χ3v) is 6.53. The fourth-order valence-electron chi connectivity index (χ4n) is 4.51. The van der Waals surface area contributed by atoms with Gasteiger partial charge in [-0.25, -0.2) is 4.98 Å². The van der Waals surface area contributed by atoms with Gasteiger partial charge in [-0.1, -0.05) is 24.3 Å². The molecule has 0 radical (unpaired) electrons. The van der Waals surface area contributed by atoms with Gasteiger partial charge in [0.25, 0.3) is 5.91 Å². The number of aryl methyl sites for hydroxylation is 2. The van der Waals surface area contributed by atoms with E-state index in [-0.39, 0.29) is 12.5 Å². The Morgan fingerprint density at radius 2 is 1.76 bits per heavy atom. The third-order valence-electron chi connectivity index (χ3n) is 6.53. The second-order valence-electron chi connectivity index (χ2n) is 9.53. The maximum absolute atomic E-state index is 13.2. The van der Waals surface area contributed by atoms with Gasteiger partial charge < -0.3 is 15.8 Å². The lowest BCUT2D eigenvalue weighted by Crippen LogP contribution is -2.24. The molecule has 3 N–H and O–H groups in total. The molecule has 0 saturated carbocycles. The largest absolute Gasteiger partial charge is 0.383 e. The molecule has 9 heteroatoms. The van der Waals surface area contributed by atoms with Crippen molar-refractivity contribution in [1.82, 2.24) is 29.9 Å². The molecule has 0 bridgehead atoms. The van der Waals surface area contributed by atoms with E-state index in [9.17, 15) is 4.79 Å². The van der Waals surface area contributed by atoms with Crippen LogP contribution in [0.1, 0.15) is 43.9 Å². The Morgan fingerprint density at radius 3 is 2.45 bits per heavy atom. The molecule has 1 amide bonds. The number of benzene rings is 2. The van der Waals surface area contributed by atoms with Crippen molar-refractivity contribution in [1.29, 1.82) is 0 Å². The molecule has 0 aliphatic heterocycles. The average Bonchev–Trinajstić information content (AvgIpc) is 3.50. The highest BCUT2D eigenvalue weighted by molar-refractivity contribution is 5.95.